The van der Waals surface area contributed by atoms with E-state index >= 15 is 0 Å². The van der Waals surface area contributed by atoms with Gasteiger partial charge in [0.25, 0.3) is 0 Å². The van der Waals surface area contributed by atoms with Gasteiger partial charge in [0.1, 0.15) is 12.5 Å². The molecule has 2 heterocycles. The van der Waals surface area contributed by atoms with E-state index in [4.69, 9.17) is 4.42 Å². The lowest BCUT2D eigenvalue weighted by Gasteiger charge is -2.31. The Morgan fingerprint density at radius 3 is 2.95 bits per heavy atom. The second kappa shape index (κ2) is 5.70. The molecule has 108 valence electrons. The summed E-state index contributed by atoms with van der Waals surface area (Å²) in [4.78, 5) is 18.3. The van der Waals surface area contributed by atoms with E-state index < -0.39 is 6.29 Å². The predicted molar refractivity (Wildman–Crippen MR) is 81.7 cm³/mol. The number of nitrogens with one attached hydrogen (secondary N) is 2. The smallest absolute Gasteiger partial charge is 0.325 e. The molecule has 21 heavy (non-hydrogen) atoms. The maximum Gasteiger partial charge on any atom is 0.325 e. The van der Waals surface area contributed by atoms with Gasteiger partial charge in [0.2, 0.25) is 6.29 Å². The molecule has 3 rings (SSSR count). The van der Waals surface area contributed by atoms with Crippen LogP contribution in [0.5, 0.6) is 0 Å². The minimum absolute atomic E-state index is 0.203. The third kappa shape index (κ3) is 2.60. The number of anilines is 2. The number of nitrogens with zero attached hydrogens (tertiary/aromatic N) is 2. The number of rotatable bonds is 3. The number of furan rings is 1. The average molecular weight is 284 g/mol. The lowest BCUT2D eigenvalue weighted by Crippen LogP contribution is -2.49. The second-order valence-corrected chi connectivity index (χ2v) is 4.58. The van der Waals surface area contributed by atoms with E-state index in [9.17, 15) is 4.79 Å². The van der Waals surface area contributed by atoms with Crippen LogP contribution in [0.4, 0.5) is 16.2 Å². The normalized spacial score (nSPS) is 16.0. The molecule has 1 atom stereocenters. The summed E-state index contributed by atoms with van der Waals surface area (Å²) >= 11 is 0. The Labute approximate surface area is 122 Å². The molecule has 2 aromatic rings. The molecule has 1 unspecified atom stereocenters. The van der Waals surface area contributed by atoms with Gasteiger partial charge in [-0.2, -0.15) is 0 Å². The van der Waals surface area contributed by atoms with E-state index in [0.29, 0.717) is 6.54 Å². The van der Waals surface area contributed by atoms with Gasteiger partial charge in [0.15, 0.2) is 0 Å². The summed E-state index contributed by atoms with van der Waals surface area (Å²) in [6.45, 7) is 2.43. The number of amides is 2. The third-order valence-electron chi connectivity index (χ3n) is 3.16. The van der Waals surface area contributed by atoms with E-state index in [1.54, 1.807) is 23.6 Å². The van der Waals surface area contributed by atoms with E-state index in [-0.39, 0.29) is 6.03 Å². The van der Waals surface area contributed by atoms with Gasteiger partial charge in [-0.25, -0.2) is 9.79 Å². The molecule has 0 spiro atoms. The van der Waals surface area contributed by atoms with Crippen molar-refractivity contribution in [3.8, 4) is 0 Å². The first kappa shape index (κ1) is 13.2. The van der Waals surface area contributed by atoms with Gasteiger partial charge in [-0.1, -0.05) is 18.2 Å². The number of fused-ring (bicyclic) bond motifs is 1. The van der Waals surface area contributed by atoms with Crippen LogP contribution in [-0.4, -0.2) is 25.1 Å². The molecule has 0 radical (unpaired) electrons. The molecule has 0 saturated heterocycles. The van der Waals surface area contributed by atoms with Crippen LogP contribution in [0.3, 0.4) is 0 Å². The first-order valence-electron chi connectivity index (χ1n) is 6.77. The lowest BCUT2D eigenvalue weighted by atomic mass is 10.2. The quantitative estimate of drug-likeness (QED) is 0.910. The van der Waals surface area contributed by atoms with Crippen LogP contribution in [0.15, 0.2) is 52.3 Å². The number of urea groups is 1. The average Bonchev–Trinajstić information content (AvgIpc) is 2.96. The Morgan fingerprint density at radius 2 is 2.19 bits per heavy atom. The van der Waals surface area contributed by atoms with Crippen molar-refractivity contribution in [3.63, 3.8) is 0 Å². The molecule has 0 bridgehead atoms. The molecule has 2 amide bonds. The Balaban J connectivity index is 1.91. The number of carbonyl (C=O) groups is 1. The highest BCUT2D eigenvalue weighted by Crippen LogP contribution is 2.24. The maximum atomic E-state index is 12.4. The van der Waals surface area contributed by atoms with E-state index in [0.717, 1.165) is 16.9 Å². The maximum absolute atomic E-state index is 12.4. The zero-order valence-electron chi connectivity index (χ0n) is 11.6. The van der Waals surface area contributed by atoms with E-state index in [1.165, 1.54) is 0 Å². The second-order valence-electron chi connectivity index (χ2n) is 4.58. The number of hydrogen-bond acceptors (Lipinski definition) is 4. The molecule has 6 nitrogen and oxygen atoms in total. The van der Waals surface area contributed by atoms with Crippen molar-refractivity contribution in [2.75, 3.05) is 16.8 Å². The van der Waals surface area contributed by atoms with Crippen molar-refractivity contribution in [1.29, 1.82) is 0 Å². The van der Waals surface area contributed by atoms with Crippen molar-refractivity contribution in [1.82, 2.24) is 5.32 Å². The SMILES string of the molecule is CCNC(=O)N(c1ccccc1)C1N=Cc2cocc2N1. The van der Waals surface area contributed by atoms with Crippen molar-refractivity contribution < 1.29 is 9.21 Å². The molecular formula is C15H16N4O2. The number of benzene rings is 1. The molecule has 0 saturated carbocycles. The highest BCUT2D eigenvalue weighted by atomic mass is 16.3. The number of carbonyl (C=O) groups excluding carboxylic acids is 1. The standard InChI is InChI=1S/C15H16N4O2/c1-2-16-15(20)19(12-6-4-3-5-7-12)14-17-8-11-9-21-10-13(11)18-14/h3-10,14,18H,2H2,1H3,(H,16,20). The van der Waals surface area contributed by atoms with Crippen LogP contribution in [0.2, 0.25) is 0 Å². The third-order valence-corrected chi connectivity index (χ3v) is 3.16. The van der Waals surface area contributed by atoms with Crippen molar-refractivity contribution >= 4 is 23.6 Å². The molecule has 2 N–H and O–H groups in total. The molecule has 1 aromatic heterocycles. The van der Waals surface area contributed by atoms with Crippen molar-refractivity contribution in [3.05, 3.63) is 48.4 Å². The van der Waals surface area contributed by atoms with Crippen molar-refractivity contribution in [2.45, 2.75) is 13.2 Å². The Kier molecular flexibility index (Phi) is 3.59. The van der Waals surface area contributed by atoms with Gasteiger partial charge in [-0.05, 0) is 19.1 Å². The number of para-hydroxylation sites is 1. The van der Waals surface area contributed by atoms with Gasteiger partial charge in [0, 0.05) is 18.4 Å². The molecule has 1 aromatic carbocycles. The fourth-order valence-electron chi connectivity index (χ4n) is 2.18. The fraction of sp³-hybridized carbons (Fsp3) is 0.200. The Bertz CT molecular complexity index is 651. The summed E-state index contributed by atoms with van der Waals surface area (Å²) in [5.41, 5.74) is 2.46. The topological polar surface area (TPSA) is 69.9 Å². The summed E-state index contributed by atoms with van der Waals surface area (Å²) in [7, 11) is 0. The minimum Gasteiger partial charge on any atom is -0.470 e. The molecule has 0 fully saturated rings. The van der Waals surface area contributed by atoms with Gasteiger partial charge in [-0.3, -0.25) is 4.90 Å². The molecule has 1 aliphatic heterocycles. The summed E-state index contributed by atoms with van der Waals surface area (Å²) < 4.78 is 5.14. The number of hydrogen-bond donors (Lipinski definition) is 2. The van der Waals surface area contributed by atoms with Crippen LogP contribution in [0.25, 0.3) is 0 Å². The molecule has 1 aliphatic rings. The van der Waals surface area contributed by atoms with Crippen LogP contribution in [0, 0.1) is 0 Å². The van der Waals surface area contributed by atoms with E-state index in [1.807, 2.05) is 37.3 Å². The molecular weight excluding hydrogens is 268 g/mol. The minimum atomic E-state index is -0.510. The Morgan fingerprint density at radius 1 is 1.38 bits per heavy atom. The Hall–Kier alpha value is -2.76. The first-order chi connectivity index (χ1) is 10.3. The number of aliphatic imine (C=N–C) groups is 1. The van der Waals surface area contributed by atoms with Crippen LogP contribution in [-0.2, 0) is 0 Å². The van der Waals surface area contributed by atoms with Crippen LogP contribution in [0.1, 0.15) is 12.5 Å². The largest absolute Gasteiger partial charge is 0.470 e. The highest BCUT2D eigenvalue weighted by Gasteiger charge is 2.27. The monoisotopic (exact) mass is 284 g/mol. The van der Waals surface area contributed by atoms with Crippen LogP contribution < -0.4 is 15.5 Å². The summed E-state index contributed by atoms with van der Waals surface area (Å²) in [5.74, 6) is 0. The summed E-state index contributed by atoms with van der Waals surface area (Å²) in [6.07, 6.45) is 4.41. The molecule has 6 heteroatoms. The molecule has 0 aliphatic carbocycles. The van der Waals surface area contributed by atoms with Gasteiger partial charge >= 0.3 is 6.03 Å². The van der Waals surface area contributed by atoms with Crippen molar-refractivity contribution in [2.24, 2.45) is 4.99 Å². The zero-order chi connectivity index (χ0) is 14.7. The fourth-order valence-corrected chi connectivity index (χ4v) is 2.18. The predicted octanol–water partition coefficient (Wildman–Crippen LogP) is 2.64. The zero-order valence-corrected chi connectivity index (χ0v) is 11.6. The van der Waals surface area contributed by atoms with Gasteiger partial charge in [-0.15, -0.1) is 0 Å². The van der Waals surface area contributed by atoms with Gasteiger partial charge < -0.3 is 15.1 Å². The highest BCUT2D eigenvalue weighted by molar-refractivity contribution is 5.95. The van der Waals surface area contributed by atoms with E-state index in [2.05, 4.69) is 15.6 Å². The first-order valence-corrected chi connectivity index (χ1v) is 6.77. The van der Waals surface area contributed by atoms with Gasteiger partial charge in [0.05, 0.1) is 11.3 Å². The summed E-state index contributed by atoms with van der Waals surface area (Å²) in [6, 6.07) is 9.22. The van der Waals surface area contributed by atoms with Crippen LogP contribution >= 0.6 is 0 Å². The lowest BCUT2D eigenvalue weighted by molar-refractivity contribution is 0.245. The summed E-state index contributed by atoms with van der Waals surface area (Å²) in [5, 5.41) is 6.00.